The van der Waals surface area contributed by atoms with Crippen molar-refractivity contribution in [2.45, 2.75) is 277 Å². The molecule has 0 rings (SSSR count). The molecule has 0 aliphatic rings. The lowest BCUT2D eigenvalue weighted by Gasteiger charge is -2.24. The second-order valence-corrected chi connectivity index (χ2v) is 22.8. The van der Waals surface area contributed by atoms with Crippen molar-refractivity contribution >= 4 is 19.8 Å². The molecule has 0 aliphatic carbocycles. The van der Waals surface area contributed by atoms with Crippen LogP contribution in [0.4, 0.5) is 0 Å². The molecule has 1 N–H and O–H groups in total. The minimum Gasteiger partial charge on any atom is -0.462 e. The predicted molar refractivity (Wildman–Crippen MR) is 307 cm³/mol. The highest BCUT2D eigenvalue weighted by Crippen LogP contribution is 2.43. The minimum atomic E-state index is -4.39. The second kappa shape index (κ2) is 53.5. The van der Waals surface area contributed by atoms with E-state index >= 15 is 0 Å². The number of hydrogen-bond donors (Lipinski definition) is 1. The number of nitrogens with zero attached hydrogens (tertiary/aromatic N) is 1. The van der Waals surface area contributed by atoms with E-state index in [0.717, 1.165) is 70.6 Å². The van der Waals surface area contributed by atoms with Gasteiger partial charge >= 0.3 is 19.8 Å². The lowest BCUT2D eigenvalue weighted by atomic mass is 10.0. The summed E-state index contributed by atoms with van der Waals surface area (Å²) in [6.45, 7) is 4.32. The van der Waals surface area contributed by atoms with Crippen LogP contribution in [0.3, 0.4) is 0 Å². The number of esters is 2. The number of likely N-dealkylation sites (N-methyl/N-ethyl adjacent to an activating group) is 1. The summed E-state index contributed by atoms with van der Waals surface area (Å²) >= 11 is 0. The summed E-state index contributed by atoms with van der Waals surface area (Å²) in [5.41, 5.74) is 0. The van der Waals surface area contributed by atoms with Crippen molar-refractivity contribution in [3.63, 3.8) is 0 Å². The van der Waals surface area contributed by atoms with Gasteiger partial charge < -0.3 is 18.9 Å². The molecule has 0 saturated carbocycles. The average molecular weight is 1030 g/mol. The van der Waals surface area contributed by atoms with Gasteiger partial charge in [-0.1, -0.05) is 242 Å². The van der Waals surface area contributed by atoms with Crippen molar-refractivity contribution < 1.29 is 42.1 Å². The van der Waals surface area contributed by atoms with Crippen molar-refractivity contribution in [2.75, 3.05) is 47.5 Å². The fourth-order valence-corrected chi connectivity index (χ4v) is 9.16. The molecule has 0 amide bonds. The maximum absolute atomic E-state index is 12.8. The predicted octanol–water partition coefficient (Wildman–Crippen LogP) is 18.7. The molecule has 0 saturated heterocycles. The van der Waals surface area contributed by atoms with Crippen LogP contribution in [0.25, 0.3) is 0 Å². The lowest BCUT2D eigenvalue weighted by Crippen LogP contribution is -2.37. The van der Waals surface area contributed by atoms with Gasteiger partial charge in [0.15, 0.2) is 6.10 Å². The van der Waals surface area contributed by atoms with Crippen LogP contribution in [0.5, 0.6) is 0 Å². The van der Waals surface area contributed by atoms with Crippen molar-refractivity contribution in [3.05, 3.63) is 60.8 Å². The standard InChI is InChI=1S/C62H114NO8P/c1-6-8-10-12-14-16-18-20-22-24-25-26-27-28-29-30-31-32-33-34-35-36-37-39-40-42-44-46-48-50-52-54-61(64)68-58-60(59-70-72(66,67)69-57-56-63(3,4)5)71-62(65)55-53-51-49-47-45-43-41-38-23-21-19-17-15-13-11-9-7-2/h9,11,15,17-18,20-21,23-25,60H,6-8,10,12-14,16,19,22,26-59H2,1-5H3/p+1/b11-9-,17-15-,20-18-,23-21-,25-24-. The van der Waals surface area contributed by atoms with E-state index in [1.807, 2.05) is 21.1 Å². The molecule has 0 spiro atoms. The number of carbonyl (C=O) groups is 2. The number of hydrogen-bond acceptors (Lipinski definition) is 7. The van der Waals surface area contributed by atoms with Crippen LogP contribution >= 0.6 is 7.82 Å². The number of phosphoric ester groups is 1. The molecule has 0 aromatic rings. The van der Waals surface area contributed by atoms with Crippen molar-refractivity contribution in [2.24, 2.45) is 0 Å². The summed E-state index contributed by atoms with van der Waals surface area (Å²) in [6.07, 6.45) is 68.7. The monoisotopic (exact) mass is 1030 g/mol. The fraction of sp³-hybridized carbons (Fsp3) is 0.806. The zero-order chi connectivity index (χ0) is 52.7. The van der Waals surface area contributed by atoms with Gasteiger partial charge in [0.1, 0.15) is 19.8 Å². The quantitative estimate of drug-likeness (QED) is 0.0211. The Bertz CT molecular complexity index is 1400. The van der Waals surface area contributed by atoms with E-state index in [4.69, 9.17) is 18.5 Å². The van der Waals surface area contributed by atoms with Crippen LogP contribution in [-0.2, 0) is 32.7 Å². The molecule has 0 fully saturated rings. The first kappa shape index (κ1) is 69.7. The molecule has 0 radical (unpaired) electrons. The summed E-state index contributed by atoms with van der Waals surface area (Å²) in [6, 6.07) is 0. The summed E-state index contributed by atoms with van der Waals surface area (Å²) in [5.74, 6) is -0.801. The molecule has 0 aromatic heterocycles. The second-order valence-electron chi connectivity index (χ2n) is 21.4. The van der Waals surface area contributed by atoms with E-state index in [0.29, 0.717) is 17.4 Å². The smallest absolute Gasteiger partial charge is 0.462 e. The third kappa shape index (κ3) is 57.0. The molecule has 0 heterocycles. The lowest BCUT2D eigenvalue weighted by molar-refractivity contribution is -0.870. The highest BCUT2D eigenvalue weighted by molar-refractivity contribution is 7.47. The number of ether oxygens (including phenoxy) is 2. The van der Waals surface area contributed by atoms with Crippen LogP contribution in [0, 0.1) is 0 Å². The number of allylic oxidation sites excluding steroid dienone is 10. The number of rotatable bonds is 55. The van der Waals surface area contributed by atoms with E-state index in [1.165, 1.54) is 167 Å². The Morgan fingerprint density at radius 3 is 1.18 bits per heavy atom. The number of quaternary nitrogens is 1. The molecule has 2 unspecified atom stereocenters. The normalized spacial score (nSPS) is 13.7. The van der Waals surface area contributed by atoms with E-state index < -0.39 is 26.5 Å². The van der Waals surface area contributed by atoms with E-state index in [9.17, 15) is 19.0 Å². The first-order chi connectivity index (χ1) is 35.0. The number of unbranched alkanes of at least 4 members (excludes halogenated alkanes) is 31. The molecule has 2 atom stereocenters. The van der Waals surface area contributed by atoms with Crippen LogP contribution in [0.2, 0.25) is 0 Å². The third-order valence-electron chi connectivity index (χ3n) is 13.0. The van der Waals surface area contributed by atoms with Gasteiger partial charge in [0.25, 0.3) is 0 Å². The van der Waals surface area contributed by atoms with Gasteiger partial charge in [-0.25, -0.2) is 4.57 Å². The summed E-state index contributed by atoms with van der Waals surface area (Å²) in [4.78, 5) is 35.7. The topological polar surface area (TPSA) is 108 Å². The maximum Gasteiger partial charge on any atom is 0.472 e. The van der Waals surface area contributed by atoms with Crippen LogP contribution in [0.1, 0.15) is 271 Å². The van der Waals surface area contributed by atoms with E-state index in [-0.39, 0.29) is 32.0 Å². The minimum absolute atomic E-state index is 0.0288. The van der Waals surface area contributed by atoms with Gasteiger partial charge in [0, 0.05) is 12.8 Å². The van der Waals surface area contributed by atoms with Crippen molar-refractivity contribution in [1.29, 1.82) is 0 Å². The molecule has 9 nitrogen and oxygen atoms in total. The Labute approximate surface area is 445 Å². The molecule has 0 bridgehead atoms. The van der Waals surface area contributed by atoms with Gasteiger partial charge in [-0.3, -0.25) is 18.6 Å². The largest absolute Gasteiger partial charge is 0.472 e. The van der Waals surface area contributed by atoms with Crippen LogP contribution < -0.4 is 0 Å². The van der Waals surface area contributed by atoms with Gasteiger partial charge in [0.05, 0.1) is 27.7 Å². The van der Waals surface area contributed by atoms with Gasteiger partial charge in [-0.15, -0.1) is 0 Å². The summed E-state index contributed by atoms with van der Waals surface area (Å²) in [7, 11) is 1.47. The molecule has 10 heteroatoms. The van der Waals surface area contributed by atoms with Crippen LogP contribution in [-0.4, -0.2) is 74.9 Å². The highest BCUT2D eigenvalue weighted by atomic mass is 31.2. The Morgan fingerprint density at radius 1 is 0.444 bits per heavy atom. The fourth-order valence-electron chi connectivity index (χ4n) is 8.41. The van der Waals surface area contributed by atoms with Crippen molar-refractivity contribution in [3.8, 4) is 0 Å². The molecular formula is C62H115NO8P+. The Kier molecular flexibility index (Phi) is 51.8. The zero-order valence-corrected chi connectivity index (χ0v) is 48.6. The maximum atomic E-state index is 12.8. The molecular weight excluding hydrogens is 918 g/mol. The molecule has 0 aromatic carbocycles. The molecule has 420 valence electrons. The Balaban J connectivity index is 4.04. The van der Waals surface area contributed by atoms with Crippen LogP contribution in [0.15, 0.2) is 60.8 Å². The first-order valence-electron chi connectivity index (χ1n) is 30.0. The third-order valence-corrected chi connectivity index (χ3v) is 14.0. The van der Waals surface area contributed by atoms with E-state index in [2.05, 4.69) is 74.6 Å². The van der Waals surface area contributed by atoms with Gasteiger partial charge in [-0.05, 0) is 77.0 Å². The average Bonchev–Trinajstić information content (AvgIpc) is 3.34. The van der Waals surface area contributed by atoms with Gasteiger partial charge in [-0.2, -0.15) is 0 Å². The summed E-state index contributed by atoms with van der Waals surface area (Å²) in [5, 5.41) is 0. The van der Waals surface area contributed by atoms with E-state index in [1.54, 1.807) is 0 Å². The molecule has 0 aliphatic heterocycles. The SMILES string of the molecule is CC/C=C\C/C=C\C/C=C\CCCCCCCCCC(=O)OC(COC(=O)CCCCCCCCCCCCCCCCCCCCC/C=C\C/C=C\CCCCCCC)COP(=O)(O)OCC[N+](C)(C)C. The number of carbonyl (C=O) groups excluding carboxylic acids is 2. The summed E-state index contributed by atoms with van der Waals surface area (Å²) < 4.78 is 34.6. The highest BCUT2D eigenvalue weighted by Gasteiger charge is 2.27. The first-order valence-corrected chi connectivity index (χ1v) is 31.5. The number of phosphoric acid groups is 1. The Morgan fingerprint density at radius 2 is 0.792 bits per heavy atom. The van der Waals surface area contributed by atoms with Crippen molar-refractivity contribution in [1.82, 2.24) is 0 Å². The molecule has 72 heavy (non-hydrogen) atoms. The van der Waals surface area contributed by atoms with Gasteiger partial charge in [0.2, 0.25) is 0 Å². The Hall–Kier alpha value is -2.29. The zero-order valence-electron chi connectivity index (χ0n) is 47.7.